The Hall–Kier alpha value is -2.92. The Morgan fingerprint density at radius 3 is 2.26 bits per heavy atom. The number of carbonyl (C=O) groups excluding carboxylic acids is 1. The fraction of sp³-hybridized carbons (Fsp3) is 0.182. The van der Waals surface area contributed by atoms with E-state index < -0.39 is 5.97 Å². The zero-order valence-corrected chi connectivity index (χ0v) is 15.5. The van der Waals surface area contributed by atoms with Gasteiger partial charge in [-0.25, -0.2) is 4.79 Å². The van der Waals surface area contributed by atoms with Gasteiger partial charge in [0.25, 0.3) is 5.91 Å². The van der Waals surface area contributed by atoms with E-state index >= 15 is 0 Å². The van der Waals surface area contributed by atoms with Gasteiger partial charge in [-0.3, -0.25) is 4.79 Å². The molecular formula is C22H19NO3S. The second-order valence-electron chi connectivity index (χ2n) is 6.62. The topological polar surface area (TPSA) is 66.4 Å². The summed E-state index contributed by atoms with van der Waals surface area (Å²) in [6, 6.07) is 17.3. The van der Waals surface area contributed by atoms with Crippen molar-refractivity contribution in [3.63, 3.8) is 0 Å². The molecule has 0 bridgehead atoms. The van der Waals surface area contributed by atoms with Gasteiger partial charge in [0.05, 0.1) is 5.56 Å². The van der Waals surface area contributed by atoms with E-state index in [2.05, 4.69) is 5.32 Å². The molecule has 0 fully saturated rings. The average molecular weight is 377 g/mol. The minimum Gasteiger partial charge on any atom is -0.478 e. The van der Waals surface area contributed by atoms with Crippen LogP contribution in [0.2, 0.25) is 0 Å². The highest BCUT2D eigenvalue weighted by molar-refractivity contribution is 7.17. The largest absolute Gasteiger partial charge is 0.478 e. The molecule has 0 saturated carbocycles. The maximum atomic E-state index is 12.7. The van der Waals surface area contributed by atoms with Crippen molar-refractivity contribution >= 4 is 28.2 Å². The van der Waals surface area contributed by atoms with Crippen LogP contribution >= 0.6 is 11.3 Å². The molecule has 1 aliphatic carbocycles. The summed E-state index contributed by atoms with van der Waals surface area (Å²) in [4.78, 5) is 25.5. The Morgan fingerprint density at radius 2 is 1.56 bits per heavy atom. The first-order valence-electron chi connectivity index (χ1n) is 8.98. The monoisotopic (exact) mass is 377 g/mol. The second-order valence-corrected chi connectivity index (χ2v) is 7.72. The maximum Gasteiger partial charge on any atom is 0.339 e. The molecular weight excluding hydrogens is 358 g/mol. The molecule has 1 heterocycles. The normalized spacial score (nSPS) is 13.0. The third-order valence-corrected chi connectivity index (χ3v) is 6.07. The average Bonchev–Trinajstić information content (AvgIpc) is 3.06. The van der Waals surface area contributed by atoms with Gasteiger partial charge >= 0.3 is 5.97 Å². The molecule has 3 aromatic rings. The van der Waals surface area contributed by atoms with E-state index in [1.807, 2.05) is 42.5 Å². The smallest absolute Gasteiger partial charge is 0.339 e. The predicted octanol–water partition coefficient (Wildman–Crippen LogP) is 5.24. The molecule has 0 radical (unpaired) electrons. The first kappa shape index (κ1) is 17.5. The molecule has 1 aliphatic rings. The Kier molecular flexibility index (Phi) is 4.77. The number of nitrogens with one attached hydrogen (secondary N) is 1. The molecule has 4 rings (SSSR count). The van der Waals surface area contributed by atoms with Crippen molar-refractivity contribution in [3.8, 4) is 11.1 Å². The quantitative estimate of drug-likeness (QED) is 0.653. The van der Waals surface area contributed by atoms with Gasteiger partial charge in [0.1, 0.15) is 5.00 Å². The number of carboxylic acid groups (broad SMARTS) is 1. The number of thiophene rings is 1. The molecule has 0 aliphatic heterocycles. The SMILES string of the molecule is O=C(Nc1sc2c(c1C(=O)O)CCCC2)c1ccc(-c2ccccc2)cc1. The summed E-state index contributed by atoms with van der Waals surface area (Å²) in [5.74, 6) is -1.25. The molecule has 27 heavy (non-hydrogen) atoms. The third kappa shape index (κ3) is 3.51. The Balaban J connectivity index is 1.58. The lowest BCUT2D eigenvalue weighted by molar-refractivity contribution is 0.0697. The van der Waals surface area contributed by atoms with Crippen LogP contribution in [-0.4, -0.2) is 17.0 Å². The minimum atomic E-state index is -0.968. The van der Waals surface area contributed by atoms with E-state index in [4.69, 9.17) is 0 Å². The molecule has 1 aromatic heterocycles. The fourth-order valence-electron chi connectivity index (χ4n) is 3.50. The first-order chi connectivity index (χ1) is 13.1. The molecule has 1 amide bonds. The third-order valence-electron chi connectivity index (χ3n) is 4.87. The van der Waals surface area contributed by atoms with E-state index in [0.29, 0.717) is 10.6 Å². The van der Waals surface area contributed by atoms with Gasteiger partial charge in [-0.2, -0.15) is 0 Å². The van der Waals surface area contributed by atoms with Crippen molar-refractivity contribution in [2.24, 2.45) is 0 Å². The first-order valence-corrected chi connectivity index (χ1v) is 9.80. The van der Waals surface area contributed by atoms with Gasteiger partial charge in [0.15, 0.2) is 0 Å². The lowest BCUT2D eigenvalue weighted by Gasteiger charge is -2.10. The van der Waals surface area contributed by atoms with Crippen LogP contribution in [0.15, 0.2) is 54.6 Å². The molecule has 2 aromatic carbocycles. The van der Waals surface area contributed by atoms with E-state index in [0.717, 1.165) is 47.3 Å². The number of anilines is 1. The highest BCUT2D eigenvalue weighted by Crippen LogP contribution is 2.38. The van der Waals surface area contributed by atoms with Gasteiger partial charge in [-0.15, -0.1) is 11.3 Å². The summed E-state index contributed by atoms with van der Waals surface area (Å²) in [5, 5.41) is 12.9. The summed E-state index contributed by atoms with van der Waals surface area (Å²) >= 11 is 1.40. The van der Waals surface area contributed by atoms with Crippen molar-refractivity contribution in [1.82, 2.24) is 0 Å². The molecule has 5 heteroatoms. The van der Waals surface area contributed by atoms with Crippen LogP contribution in [0, 0.1) is 0 Å². The van der Waals surface area contributed by atoms with Gasteiger partial charge in [-0.1, -0.05) is 42.5 Å². The summed E-state index contributed by atoms with van der Waals surface area (Å²) in [7, 11) is 0. The van der Waals surface area contributed by atoms with Crippen LogP contribution in [-0.2, 0) is 12.8 Å². The number of aromatic carboxylic acids is 1. The summed E-state index contributed by atoms with van der Waals surface area (Å²) in [6.45, 7) is 0. The molecule has 2 N–H and O–H groups in total. The summed E-state index contributed by atoms with van der Waals surface area (Å²) in [6.07, 6.45) is 3.73. The fourth-order valence-corrected chi connectivity index (χ4v) is 4.78. The zero-order valence-electron chi connectivity index (χ0n) is 14.7. The number of hydrogen-bond acceptors (Lipinski definition) is 3. The minimum absolute atomic E-state index is 0.268. The number of carbonyl (C=O) groups is 2. The molecule has 0 unspecified atom stereocenters. The zero-order chi connectivity index (χ0) is 18.8. The van der Waals surface area contributed by atoms with Crippen molar-refractivity contribution in [2.45, 2.75) is 25.7 Å². The van der Waals surface area contributed by atoms with E-state index in [1.165, 1.54) is 11.3 Å². The standard InChI is InChI=1S/C22H19NO3S/c24-20(16-12-10-15(11-13-16)14-6-2-1-3-7-14)23-21-19(22(25)26)17-8-4-5-9-18(17)27-21/h1-3,6-7,10-13H,4-5,8-9H2,(H,23,24)(H,25,26). The number of rotatable bonds is 4. The number of amides is 1. The molecule has 4 nitrogen and oxygen atoms in total. The van der Waals surface area contributed by atoms with Crippen LogP contribution in [0.1, 0.15) is 44.0 Å². The van der Waals surface area contributed by atoms with Crippen LogP contribution in [0.25, 0.3) is 11.1 Å². The Morgan fingerprint density at radius 1 is 0.889 bits per heavy atom. The summed E-state index contributed by atoms with van der Waals surface area (Å²) < 4.78 is 0. The number of fused-ring (bicyclic) bond motifs is 1. The van der Waals surface area contributed by atoms with E-state index in [-0.39, 0.29) is 11.5 Å². The second kappa shape index (κ2) is 7.37. The Bertz CT molecular complexity index is 990. The van der Waals surface area contributed by atoms with E-state index in [1.54, 1.807) is 12.1 Å². The van der Waals surface area contributed by atoms with Crippen LogP contribution in [0.3, 0.4) is 0 Å². The summed E-state index contributed by atoms with van der Waals surface area (Å²) in [5.41, 5.74) is 3.79. The number of carboxylic acids is 1. The number of benzene rings is 2. The molecule has 0 saturated heterocycles. The molecule has 136 valence electrons. The molecule has 0 spiro atoms. The lowest BCUT2D eigenvalue weighted by Crippen LogP contribution is -2.14. The van der Waals surface area contributed by atoms with Crippen LogP contribution in [0.5, 0.6) is 0 Å². The van der Waals surface area contributed by atoms with Crippen LogP contribution < -0.4 is 5.32 Å². The number of aryl methyl sites for hydroxylation is 1. The van der Waals surface area contributed by atoms with Crippen molar-refractivity contribution in [3.05, 3.63) is 76.2 Å². The van der Waals surface area contributed by atoms with Gasteiger partial charge in [0.2, 0.25) is 0 Å². The number of hydrogen-bond donors (Lipinski definition) is 2. The highest BCUT2D eigenvalue weighted by atomic mass is 32.1. The van der Waals surface area contributed by atoms with Crippen molar-refractivity contribution in [2.75, 3.05) is 5.32 Å². The lowest BCUT2D eigenvalue weighted by atomic mass is 9.95. The van der Waals surface area contributed by atoms with Gasteiger partial charge in [0, 0.05) is 10.4 Å². The predicted molar refractivity (Wildman–Crippen MR) is 108 cm³/mol. The van der Waals surface area contributed by atoms with Crippen molar-refractivity contribution < 1.29 is 14.7 Å². The maximum absolute atomic E-state index is 12.7. The van der Waals surface area contributed by atoms with E-state index in [9.17, 15) is 14.7 Å². The van der Waals surface area contributed by atoms with Gasteiger partial charge < -0.3 is 10.4 Å². The highest BCUT2D eigenvalue weighted by Gasteiger charge is 2.26. The van der Waals surface area contributed by atoms with Crippen LogP contribution in [0.4, 0.5) is 5.00 Å². The van der Waals surface area contributed by atoms with Crippen molar-refractivity contribution in [1.29, 1.82) is 0 Å². The molecule has 0 atom stereocenters. The van der Waals surface area contributed by atoms with Gasteiger partial charge in [-0.05, 0) is 54.5 Å². The Labute approximate surface area is 161 Å².